The average Bonchev–Trinajstić information content (AvgIpc) is 2.55. The molecule has 0 spiro atoms. The molecule has 1 heterocycles. The van der Waals surface area contributed by atoms with Crippen LogP contribution in [0.25, 0.3) is 0 Å². The van der Waals surface area contributed by atoms with Crippen LogP contribution in [0.1, 0.15) is 57.8 Å². The van der Waals surface area contributed by atoms with Crippen LogP contribution >= 0.6 is 12.6 Å². The topological polar surface area (TPSA) is 37.4 Å². The number of likely N-dealkylation sites (tertiary alicyclic amines) is 1. The van der Waals surface area contributed by atoms with E-state index in [1.54, 1.807) is 0 Å². The van der Waals surface area contributed by atoms with E-state index in [-0.39, 0.29) is 17.2 Å². The first-order chi connectivity index (χ1) is 8.67. The van der Waals surface area contributed by atoms with Crippen LogP contribution in [0.15, 0.2) is 0 Å². The first kappa shape index (κ1) is 13.9. The molecule has 1 saturated carbocycles. The summed E-state index contributed by atoms with van der Waals surface area (Å²) in [7, 11) is 0. The molecule has 3 nitrogen and oxygen atoms in total. The van der Waals surface area contributed by atoms with Crippen LogP contribution in [-0.2, 0) is 9.59 Å². The fourth-order valence-corrected chi connectivity index (χ4v) is 3.56. The highest BCUT2D eigenvalue weighted by atomic mass is 32.1. The Balaban J connectivity index is 2.08. The minimum atomic E-state index is 0.0317. The molecule has 1 aliphatic carbocycles. The molecule has 4 heteroatoms. The number of nitrogens with zero attached hydrogens (tertiary/aromatic N) is 1. The van der Waals surface area contributed by atoms with Crippen molar-refractivity contribution in [2.75, 3.05) is 12.3 Å². The molecular weight excluding hydrogens is 246 g/mol. The first-order valence-corrected chi connectivity index (χ1v) is 7.74. The van der Waals surface area contributed by atoms with Gasteiger partial charge in [-0.05, 0) is 36.9 Å². The highest BCUT2D eigenvalue weighted by molar-refractivity contribution is 7.80. The molecule has 2 fully saturated rings. The maximum absolute atomic E-state index is 12.0. The number of rotatable bonds is 3. The first-order valence-electron chi connectivity index (χ1n) is 7.11. The van der Waals surface area contributed by atoms with Crippen molar-refractivity contribution >= 4 is 24.4 Å². The zero-order chi connectivity index (χ0) is 13.0. The van der Waals surface area contributed by atoms with E-state index in [1.165, 1.54) is 24.2 Å². The monoisotopic (exact) mass is 269 g/mol. The highest BCUT2D eigenvalue weighted by Crippen LogP contribution is 2.38. The van der Waals surface area contributed by atoms with E-state index in [4.69, 9.17) is 0 Å². The second-order valence-corrected chi connectivity index (χ2v) is 6.12. The summed E-state index contributed by atoms with van der Waals surface area (Å²) in [6.07, 6.45) is 8.68. The molecule has 2 aliphatic rings. The highest BCUT2D eigenvalue weighted by Gasteiger charge is 2.36. The van der Waals surface area contributed by atoms with Crippen molar-refractivity contribution in [1.82, 2.24) is 4.90 Å². The van der Waals surface area contributed by atoms with E-state index in [0.29, 0.717) is 19.4 Å². The fraction of sp³-hybridized carbons (Fsp3) is 0.857. The normalized spacial score (nSPS) is 25.1. The molecule has 0 aromatic carbocycles. The Morgan fingerprint density at radius 2 is 1.50 bits per heavy atom. The van der Waals surface area contributed by atoms with Gasteiger partial charge in [0.05, 0.1) is 0 Å². The van der Waals surface area contributed by atoms with E-state index in [2.05, 4.69) is 12.6 Å². The van der Waals surface area contributed by atoms with Crippen molar-refractivity contribution < 1.29 is 9.59 Å². The van der Waals surface area contributed by atoms with Gasteiger partial charge in [0, 0.05) is 19.4 Å². The number of hydrogen-bond donors (Lipinski definition) is 1. The SMILES string of the molecule is O=C1CCCCC(=O)N1CC1(CS)CCCCC1. The number of hydrogen-bond acceptors (Lipinski definition) is 3. The molecule has 102 valence electrons. The zero-order valence-corrected chi connectivity index (χ0v) is 11.9. The number of carbonyl (C=O) groups excluding carboxylic acids is 2. The van der Waals surface area contributed by atoms with Crippen LogP contribution in [0, 0.1) is 5.41 Å². The molecule has 1 saturated heterocycles. The zero-order valence-electron chi connectivity index (χ0n) is 11.0. The van der Waals surface area contributed by atoms with Crippen molar-refractivity contribution in [2.45, 2.75) is 57.8 Å². The molecule has 2 rings (SSSR count). The second kappa shape index (κ2) is 6.09. The van der Waals surface area contributed by atoms with E-state index < -0.39 is 0 Å². The molecule has 0 aromatic rings. The summed E-state index contributed by atoms with van der Waals surface area (Å²) >= 11 is 4.49. The summed E-state index contributed by atoms with van der Waals surface area (Å²) in [5, 5.41) is 0. The van der Waals surface area contributed by atoms with Crippen molar-refractivity contribution in [3.8, 4) is 0 Å². The maximum Gasteiger partial charge on any atom is 0.229 e. The molecule has 0 unspecified atom stereocenters. The van der Waals surface area contributed by atoms with E-state index in [0.717, 1.165) is 31.4 Å². The van der Waals surface area contributed by atoms with Gasteiger partial charge in [-0.25, -0.2) is 0 Å². The molecule has 0 radical (unpaired) electrons. The van der Waals surface area contributed by atoms with Gasteiger partial charge in [0.25, 0.3) is 0 Å². The standard InChI is InChI=1S/C14H23NO2S/c16-12-6-2-3-7-13(17)15(12)10-14(11-18)8-4-1-5-9-14/h18H,1-11H2. The lowest BCUT2D eigenvalue weighted by molar-refractivity contribution is -0.145. The Morgan fingerprint density at radius 1 is 0.944 bits per heavy atom. The van der Waals surface area contributed by atoms with Crippen molar-refractivity contribution in [2.24, 2.45) is 5.41 Å². The average molecular weight is 269 g/mol. The van der Waals surface area contributed by atoms with Crippen LogP contribution in [0.4, 0.5) is 0 Å². The minimum Gasteiger partial charge on any atom is -0.282 e. The summed E-state index contributed by atoms with van der Waals surface area (Å²) < 4.78 is 0. The Labute approximate surface area is 115 Å². The summed E-state index contributed by atoms with van der Waals surface area (Å²) in [5.41, 5.74) is 0.0804. The Hall–Kier alpha value is -0.510. The number of amides is 2. The maximum atomic E-state index is 12.0. The van der Waals surface area contributed by atoms with Gasteiger partial charge in [-0.1, -0.05) is 19.3 Å². The van der Waals surface area contributed by atoms with Gasteiger partial charge in [-0.2, -0.15) is 12.6 Å². The van der Waals surface area contributed by atoms with Crippen LogP contribution in [0.2, 0.25) is 0 Å². The molecule has 0 aromatic heterocycles. The quantitative estimate of drug-likeness (QED) is 0.632. The minimum absolute atomic E-state index is 0.0317. The Bertz CT molecular complexity index is 306. The fourth-order valence-electron chi connectivity index (χ4n) is 3.14. The molecule has 0 N–H and O–H groups in total. The van der Waals surface area contributed by atoms with Crippen LogP contribution in [-0.4, -0.2) is 29.0 Å². The van der Waals surface area contributed by atoms with E-state index >= 15 is 0 Å². The predicted molar refractivity (Wildman–Crippen MR) is 74.6 cm³/mol. The lowest BCUT2D eigenvalue weighted by atomic mass is 9.75. The lowest BCUT2D eigenvalue weighted by Gasteiger charge is -2.39. The molecule has 0 atom stereocenters. The Morgan fingerprint density at radius 3 is 2.00 bits per heavy atom. The van der Waals surface area contributed by atoms with Crippen LogP contribution in [0.5, 0.6) is 0 Å². The van der Waals surface area contributed by atoms with Gasteiger partial charge in [0.1, 0.15) is 0 Å². The number of thiol groups is 1. The van der Waals surface area contributed by atoms with Gasteiger partial charge in [-0.15, -0.1) is 0 Å². The van der Waals surface area contributed by atoms with Gasteiger partial charge in [0.2, 0.25) is 11.8 Å². The van der Waals surface area contributed by atoms with Gasteiger partial charge < -0.3 is 0 Å². The lowest BCUT2D eigenvalue weighted by Crippen LogP contribution is -2.45. The predicted octanol–water partition coefficient (Wildman–Crippen LogP) is 2.80. The smallest absolute Gasteiger partial charge is 0.229 e. The number of imide groups is 1. The van der Waals surface area contributed by atoms with E-state index in [9.17, 15) is 9.59 Å². The van der Waals surface area contributed by atoms with Crippen LogP contribution in [0.3, 0.4) is 0 Å². The molecule has 2 amide bonds. The summed E-state index contributed by atoms with van der Waals surface area (Å²) in [6, 6.07) is 0. The molecule has 1 aliphatic heterocycles. The molecular formula is C14H23NO2S. The largest absolute Gasteiger partial charge is 0.282 e. The third kappa shape index (κ3) is 3.08. The van der Waals surface area contributed by atoms with E-state index in [1.807, 2.05) is 0 Å². The van der Waals surface area contributed by atoms with Gasteiger partial charge in [0.15, 0.2) is 0 Å². The van der Waals surface area contributed by atoms with Gasteiger partial charge >= 0.3 is 0 Å². The second-order valence-electron chi connectivity index (χ2n) is 5.80. The van der Waals surface area contributed by atoms with Gasteiger partial charge in [-0.3, -0.25) is 14.5 Å². The molecule has 18 heavy (non-hydrogen) atoms. The third-order valence-corrected chi connectivity index (χ3v) is 5.05. The van der Waals surface area contributed by atoms with Crippen LogP contribution < -0.4 is 0 Å². The van der Waals surface area contributed by atoms with Crippen molar-refractivity contribution in [3.63, 3.8) is 0 Å². The summed E-state index contributed by atoms with van der Waals surface area (Å²) in [5.74, 6) is 0.845. The van der Waals surface area contributed by atoms with Crippen molar-refractivity contribution in [1.29, 1.82) is 0 Å². The molecule has 0 bridgehead atoms. The summed E-state index contributed by atoms with van der Waals surface area (Å²) in [6.45, 7) is 0.605. The summed E-state index contributed by atoms with van der Waals surface area (Å²) in [4.78, 5) is 25.6. The number of carbonyl (C=O) groups is 2. The third-order valence-electron chi connectivity index (χ3n) is 4.38. The Kier molecular flexibility index (Phi) is 4.71. The van der Waals surface area contributed by atoms with Crippen molar-refractivity contribution in [3.05, 3.63) is 0 Å².